The molecule has 1 rings (SSSR count). The lowest BCUT2D eigenvalue weighted by atomic mass is 10.0. The van der Waals surface area contributed by atoms with E-state index >= 15 is 0 Å². The van der Waals surface area contributed by atoms with Gasteiger partial charge in [0.05, 0.1) is 6.61 Å². The Labute approximate surface area is 103 Å². The maximum atomic E-state index is 13.0. The molecule has 0 saturated carbocycles. The first-order valence-electron chi connectivity index (χ1n) is 6.17. The van der Waals surface area contributed by atoms with Crippen molar-refractivity contribution in [1.29, 1.82) is 0 Å². The van der Waals surface area contributed by atoms with Crippen LogP contribution in [-0.2, 0) is 11.2 Å². The van der Waals surface area contributed by atoms with E-state index in [4.69, 9.17) is 4.74 Å². The van der Waals surface area contributed by atoms with Crippen LogP contribution in [-0.4, -0.2) is 26.3 Å². The Hall–Kier alpha value is -0.930. The van der Waals surface area contributed by atoms with E-state index in [0.717, 1.165) is 25.0 Å². The Bertz CT molecular complexity index is 341. The zero-order valence-electron chi connectivity index (χ0n) is 10.9. The Kier molecular flexibility index (Phi) is 6.16. The summed E-state index contributed by atoms with van der Waals surface area (Å²) >= 11 is 0. The van der Waals surface area contributed by atoms with Crippen LogP contribution in [0.1, 0.15) is 24.5 Å². The second-order valence-electron chi connectivity index (χ2n) is 4.34. The van der Waals surface area contributed by atoms with E-state index in [9.17, 15) is 4.39 Å². The summed E-state index contributed by atoms with van der Waals surface area (Å²) in [6.45, 7) is 5.53. The molecule has 0 aliphatic carbocycles. The monoisotopic (exact) mass is 239 g/mol. The molecular weight excluding hydrogens is 217 g/mol. The summed E-state index contributed by atoms with van der Waals surface area (Å²) in [5.41, 5.74) is 2.17. The minimum absolute atomic E-state index is 0.172. The van der Waals surface area contributed by atoms with Gasteiger partial charge in [0.1, 0.15) is 5.82 Å². The predicted octanol–water partition coefficient (Wildman–Crippen LogP) is 2.69. The third-order valence-electron chi connectivity index (χ3n) is 2.85. The van der Waals surface area contributed by atoms with Crippen LogP contribution in [0.25, 0.3) is 0 Å². The highest BCUT2D eigenvalue weighted by molar-refractivity contribution is 5.27. The molecule has 0 spiro atoms. The lowest BCUT2D eigenvalue weighted by Crippen LogP contribution is -2.32. The number of rotatable bonds is 7. The van der Waals surface area contributed by atoms with Gasteiger partial charge in [-0.15, -0.1) is 0 Å². The van der Waals surface area contributed by atoms with Crippen molar-refractivity contribution >= 4 is 0 Å². The van der Waals surface area contributed by atoms with Crippen LogP contribution in [0.2, 0.25) is 0 Å². The zero-order chi connectivity index (χ0) is 12.7. The highest BCUT2D eigenvalue weighted by Crippen LogP contribution is 2.12. The number of ether oxygens (including phenoxy) is 1. The van der Waals surface area contributed by atoms with Crippen LogP contribution in [0.15, 0.2) is 18.2 Å². The number of benzene rings is 1. The Morgan fingerprint density at radius 1 is 1.41 bits per heavy atom. The molecule has 17 heavy (non-hydrogen) atoms. The molecule has 3 heteroatoms. The van der Waals surface area contributed by atoms with Gasteiger partial charge in [-0.1, -0.05) is 13.0 Å². The van der Waals surface area contributed by atoms with Crippen LogP contribution in [0.3, 0.4) is 0 Å². The van der Waals surface area contributed by atoms with Gasteiger partial charge in [0.2, 0.25) is 0 Å². The number of likely N-dealkylation sites (N-methyl/N-ethyl adjacent to an activating group) is 1. The van der Waals surface area contributed by atoms with Crippen LogP contribution >= 0.6 is 0 Å². The van der Waals surface area contributed by atoms with E-state index in [1.54, 1.807) is 6.07 Å². The second-order valence-corrected chi connectivity index (χ2v) is 4.34. The van der Waals surface area contributed by atoms with Crippen LogP contribution in [0, 0.1) is 12.7 Å². The fourth-order valence-electron chi connectivity index (χ4n) is 1.77. The summed E-state index contributed by atoms with van der Waals surface area (Å²) in [5, 5.41) is 3.23. The van der Waals surface area contributed by atoms with Gasteiger partial charge in [-0.05, 0) is 50.1 Å². The second kappa shape index (κ2) is 7.41. The highest BCUT2D eigenvalue weighted by atomic mass is 19.1. The average Bonchev–Trinajstić information content (AvgIpc) is 2.31. The highest BCUT2D eigenvalue weighted by Gasteiger charge is 2.09. The van der Waals surface area contributed by atoms with Gasteiger partial charge < -0.3 is 10.1 Å². The van der Waals surface area contributed by atoms with Crippen molar-refractivity contribution < 1.29 is 9.13 Å². The minimum atomic E-state index is -0.172. The molecule has 0 amide bonds. The number of halogens is 1. The van der Waals surface area contributed by atoms with Crippen molar-refractivity contribution in [3.63, 3.8) is 0 Å². The molecule has 0 aliphatic heterocycles. The van der Waals surface area contributed by atoms with E-state index in [-0.39, 0.29) is 11.9 Å². The fourth-order valence-corrected chi connectivity index (χ4v) is 1.77. The van der Waals surface area contributed by atoms with Gasteiger partial charge in [0.15, 0.2) is 0 Å². The molecule has 1 unspecified atom stereocenters. The quantitative estimate of drug-likeness (QED) is 0.739. The molecule has 0 bridgehead atoms. The lowest BCUT2D eigenvalue weighted by Gasteiger charge is -2.17. The maximum absolute atomic E-state index is 13.0. The molecule has 0 aromatic heterocycles. The summed E-state index contributed by atoms with van der Waals surface area (Å²) < 4.78 is 18.5. The van der Waals surface area contributed by atoms with Gasteiger partial charge >= 0.3 is 0 Å². The van der Waals surface area contributed by atoms with Crippen molar-refractivity contribution in [2.24, 2.45) is 0 Å². The predicted molar refractivity (Wildman–Crippen MR) is 68.8 cm³/mol. The number of nitrogens with one attached hydrogen (secondary N) is 1. The Balaban J connectivity index is 2.54. The molecule has 0 fully saturated rings. The molecular formula is C14H22FNO. The zero-order valence-corrected chi connectivity index (χ0v) is 10.9. The summed E-state index contributed by atoms with van der Waals surface area (Å²) in [5.74, 6) is -0.172. The molecule has 1 aromatic carbocycles. The average molecular weight is 239 g/mol. The summed E-state index contributed by atoms with van der Waals surface area (Å²) in [7, 11) is 1.93. The van der Waals surface area contributed by atoms with Gasteiger partial charge in [-0.25, -0.2) is 4.39 Å². The van der Waals surface area contributed by atoms with E-state index < -0.39 is 0 Å². The smallest absolute Gasteiger partial charge is 0.123 e. The summed E-state index contributed by atoms with van der Waals surface area (Å²) in [4.78, 5) is 0. The number of hydrogen-bond donors (Lipinski definition) is 1. The normalized spacial score (nSPS) is 12.7. The number of aryl methyl sites for hydroxylation is 1. The van der Waals surface area contributed by atoms with Gasteiger partial charge in [0.25, 0.3) is 0 Å². The Morgan fingerprint density at radius 3 is 2.76 bits per heavy atom. The number of hydrogen-bond acceptors (Lipinski definition) is 2. The van der Waals surface area contributed by atoms with Crippen molar-refractivity contribution in [3.8, 4) is 0 Å². The van der Waals surface area contributed by atoms with Crippen molar-refractivity contribution in [2.75, 3.05) is 20.3 Å². The summed E-state index contributed by atoms with van der Waals surface area (Å²) in [6.07, 6.45) is 1.90. The van der Waals surface area contributed by atoms with E-state index in [1.165, 1.54) is 11.6 Å². The Morgan fingerprint density at radius 2 is 2.18 bits per heavy atom. The molecule has 1 aromatic rings. The first kappa shape index (κ1) is 14.1. The van der Waals surface area contributed by atoms with Crippen LogP contribution < -0.4 is 5.32 Å². The maximum Gasteiger partial charge on any atom is 0.123 e. The van der Waals surface area contributed by atoms with Crippen molar-refractivity contribution in [2.45, 2.75) is 32.7 Å². The first-order valence-corrected chi connectivity index (χ1v) is 6.17. The largest absolute Gasteiger partial charge is 0.380 e. The lowest BCUT2D eigenvalue weighted by molar-refractivity contribution is 0.114. The molecule has 0 radical (unpaired) electrons. The molecule has 1 atom stereocenters. The first-order chi connectivity index (χ1) is 8.17. The molecule has 0 heterocycles. The fraction of sp³-hybridized carbons (Fsp3) is 0.571. The van der Waals surface area contributed by atoms with Crippen molar-refractivity contribution in [3.05, 3.63) is 35.1 Å². The molecule has 0 aliphatic rings. The van der Waals surface area contributed by atoms with Crippen LogP contribution in [0.4, 0.5) is 4.39 Å². The van der Waals surface area contributed by atoms with Gasteiger partial charge in [-0.2, -0.15) is 0 Å². The van der Waals surface area contributed by atoms with Gasteiger partial charge in [-0.3, -0.25) is 0 Å². The standard InChI is InChI=1S/C14H22FNO/c1-4-7-17-10-14(16-3)9-12-5-6-13(15)8-11(12)2/h5-6,8,14,16H,4,7,9-10H2,1-3H3. The van der Waals surface area contributed by atoms with Gasteiger partial charge in [0, 0.05) is 12.6 Å². The molecule has 2 nitrogen and oxygen atoms in total. The van der Waals surface area contributed by atoms with E-state index in [0.29, 0.717) is 6.61 Å². The molecule has 1 N–H and O–H groups in total. The third kappa shape index (κ3) is 4.84. The van der Waals surface area contributed by atoms with E-state index in [2.05, 4.69) is 12.2 Å². The SMILES string of the molecule is CCCOCC(Cc1ccc(F)cc1C)NC. The van der Waals surface area contributed by atoms with Crippen LogP contribution in [0.5, 0.6) is 0 Å². The molecule has 0 saturated heterocycles. The topological polar surface area (TPSA) is 21.3 Å². The van der Waals surface area contributed by atoms with E-state index in [1.807, 2.05) is 20.0 Å². The molecule has 96 valence electrons. The minimum Gasteiger partial charge on any atom is -0.380 e. The third-order valence-corrected chi connectivity index (χ3v) is 2.85. The summed E-state index contributed by atoms with van der Waals surface area (Å²) in [6, 6.07) is 5.23. The van der Waals surface area contributed by atoms with Crippen molar-refractivity contribution in [1.82, 2.24) is 5.32 Å².